The van der Waals surface area contributed by atoms with Crippen molar-refractivity contribution in [2.24, 2.45) is 0 Å². The Bertz CT molecular complexity index is 1160. The molecule has 4 aromatic rings. The van der Waals surface area contributed by atoms with E-state index in [1.807, 2.05) is 31.2 Å². The maximum absolute atomic E-state index is 12.6. The number of anilines is 1. The Balaban J connectivity index is 1.56. The van der Waals surface area contributed by atoms with Crippen LogP contribution in [0.3, 0.4) is 0 Å². The van der Waals surface area contributed by atoms with Gasteiger partial charge in [-0.2, -0.15) is 4.98 Å². The Morgan fingerprint density at radius 2 is 1.92 bits per heavy atom. The van der Waals surface area contributed by atoms with Gasteiger partial charge in [0.1, 0.15) is 16.7 Å². The second kappa shape index (κ2) is 6.23. The fourth-order valence-electron chi connectivity index (χ4n) is 2.47. The Hall–Kier alpha value is -3.27. The van der Waals surface area contributed by atoms with E-state index in [-0.39, 0.29) is 16.4 Å². The zero-order valence-electron chi connectivity index (χ0n) is 13.7. The molecule has 0 atom stereocenters. The first-order valence-corrected chi connectivity index (χ1v) is 9.19. The number of aryl methyl sites for hydroxylation is 1. The molecule has 132 valence electrons. The number of fused-ring (bicyclic) bond motifs is 1. The highest BCUT2D eigenvalue weighted by atomic mass is 32.2. The van der Waals surface area contributed by atoms with E-state index in [0.717, 1.165) is 11.1 Å². The van der Waals surface area contributed by atoms with E-state index < -0.39 is 10.0 Å². The van der Waals surface area contributed by atoms with Crippen LogP contribution in [0.4, 0.5) is 5.95 Å². The molecular formula is C16H14N6O3S. The number of hydrogen-bond acceptors (Lipinski definition) is 7. The first kappa shape index (κ1) is 16.2. The summed E-state index contributed by atoms with van der Waals surface area (Å²) >= 11 is 0. The second-order valence-electron chi connectivity index (χ2n) is 5.74. The molecule has 0 saturated carbocycles. The SMILES string of the molecule is Cc1ccc(Cn2cnc(NS(=O)(=O)c3cccc4nonc34)n2)cc1. The molecule has 0 aliphatic heterocycles. The molecule has 0 saturated heterocycles. The molecule has 0 spiro atoms. The minimum absolute atomic E-state index is 0.0226. The van der Waals surface area contributed by atoms with Crippen molar-refractivity contribution in [1.29, 1.82) is 0 Å². The number of nitrogens with zero attached hydrogens (tertiary/aromatic N) is 5. The normalized spacial score (nSPS) is 11.7. The summed E-state index contributed by atoms with van der Waals surface area (Å²) in [5, 5.41) is 11.4. The average molecular weight is 370 g/mol. The summed E-state index contributed by atoms with van der Waals surface area (Å²) in [6.45, 7) is 2.49. The lowest BCUT2D eigenvalue weighted by molar-refractivity contribution is 0.315. The Morgan fingerprint density at radius 3 is 2.73 bits per heavy atom. The largest absolute Gasteiger partial charge is 0.266 e. The lowest BCUT2D eigenvalue weighted by Gasteiger charge is -2.04. The first-order valence-electron chi connectivity index (χ1n) is 7.70. The number of sulfonamides is 1. The molecule has 2 aromatic carbocycles. The fourth-order valence-corrected chi connectivity index (χ4v) is 3.57. The van der Waals surface area contributed by atoms with Gasteiger partial charge in [-0.25, -0.2) is 22.5 Å². The minimum Gasteiger partial charge on any atom is -0.246 e. The van der Waals surface area contributed by atoms with Gasteiger partial charge in [-0.3, -0.25) is 0 Å². The van der Waals surface area contributed by atoms with Gasteiger partial charge >= 0.3 is 0 Å². The number of hydrogen-bond donors (Lipinski definition) is 1. The van der Waals surface area contributed by atoms with E-state index in [1.54, 1.807) is 16.8 Å². The standard InChI is InChI=1S/C16H14N6O3S/c1-11-5-7-12(8-6-11)9-22-10-17-16(18-22)21-26(23,24)14-4-2-3-13-15(14)20-25-19-13/h2-8,10H,9H2,1H3,(H,18,21). The number of benzene rings is 2. The van der Waals surface area contributed by atoms with Crippen molar-refractivity contribution in [3.05, 3.63) is 59.9 Å². The molecule has 26 heavy (non-hydrogen) atoms. The van der Waals surface area contributed by atoms with Gasteiger partial charge < -0.3 is 0 Å². The van der Waals surface area contributed by atoms with Crippen LogP contribution in [0.1, 0.15) is 11.1 Å². The molecule has 0 bridgehead atoms. The zero-order chi connectivity index (χ0) is 18.1. The molecule has 2 heterocycles. The van der Waals surface area contributed by atoms with Gasteiger partial charge in [0.25, 0.3) is 16.0 Å². The second-order valence-corrected chi connectivity index (χ2v) is 7.40. The van der Waals surface area contributed by atoms with Gasteiger partial charge in [0.05, 0.1) is 6.54 Å². The molecule has 1 N–H and O–H groups in total. The van der Waals surface area contributed by atoms with Crippen LogP contribution in [0, 0.1) is 6.92 Å². The molecule has 0 aliphatic rings. The van der Waals surface area contributed by atoms with Crippen molar-refractivity contribution in [2.75, 3.05) is 4.72 Å². The van der Waals surface area contributed by atoms with Crippen molar-refractivity contribution in [2.45, 2.75) is 18.4 Å². The van der Waals surface area contributed by atoms with Gasteiger partial charge in [-0.1, -0.05) is 35.9 Å². The molecule has 9 nitrogen and oxygen atoms in total. The molecular weight excluding hydrogens is 356 g/mol. The van der Waals surface area contributed by atoms with Crippen molar-refractivity contribution < 1.29 is 13.0 Å². The first-order chi connectivity index (χ1) is 12.5. The molecule has 10 heteroatoms. The predicted octanol–water partition coefficient (Wildman–Crippen LogP) is 1.97. The molecule has 0 amide bonds. The summed E-state index contributed by atoms with van der Waals surface area (Å²) in [5.74, 6) is -0.0226. The van der Waals surface area contributed by atoms with Crippen LogP contribution >= 0.6 is 0 Å². The predicted molar refractivity (Wildman–Crippen MR) is 92.9 cm³/mol. The zero-order valence-corrected chi connectivity index (χ0v) is 14.5. The van der Waals surface area contributed by atoms with Crippen molar-refractivity contribution >= 4 is 27.0 Å². The van der Waals surface area contributed by atoms with Gasteiger partial charge in [-0.15, -0.1) is 5.10 Å². The van der Waals surface area contributed by atoms with E-state index in [4.69, 9.17) is 0 Å². The summed E-state index contributed by atoms with van der Waals surface area (Å²) in [7, 11) is -3.93. The highest BCUT2D eigenvalue weighted by Crippen LogP contribution is 2.21. The topological polar surface area (TPSA) is 116 Å². The van der Waals surface area contributed by atoms with Crippen LogP contribution in [0.2, 0.25) is 0 Å². The third-order valence-electron chi connectivity index (χ3n) is 3.77. The Labute approximate surface area is 148 Å². The van der Waals surface area contributed by atoms with Crippen LogP contribution in [0.25, 0.3) is 11.0 Å². The smallest absolute Gasteiger partial charge is 0.246 e. The number of aromatic nitrogens is 5. The molecule has 0 fully saturated rings. The maximum Gasteiger partial charge on any atom is 0.266 e. The monoisotopic (exact) mass is 370 g/mol. The molecule has 0 aliphatic carbocycles. The van der Waals surface area contributed by atoms with E-state index in [1.165, 1.54) is 12.4 Å². The lowest BCUT2D eigenvalue weighted by Crippen LogP contribution is -2.15. The third-order valence-corrected chi connectivity index (χ3v) is 5.13. The van der Waals surface area contributed by atoms with Crippen LogP contribution in [-0.4, -0.2) is 33.5 Å². The molecule has 4 rings (SSSR count). The summed E-state index contributed by atoms with van der Waals surface area (Å²) in [4.78, 5) is 3.96. The van der Waals surface area contributed by atoms with E-state index in [0.29, 0.717) is 12.1 Å². The van der Waals surface area contributed by atoms with Crippen LogP contribution in [-0.2, 0) is 16.6 Å². The van der Waals surface area contributed by atoms with Gasteiger partial charge in [0.15, 0.2) is 5.52 Å². The van der Waals surface area contributed by atoms with E-state index in [9.17, 15) is 8.42 Å². The van der Waals surface area contributed by atoms with Crippen molar-refractivity contribution in [3.8, 4) is 0 Å². The minimum atomic E-state index is -3.93. The van der Waals surface area contributed by atoms with Crippen LogP contribution < -0.4 is 4.72 Å². The van der Waals surface area contributed by atoms with Crippen LogP contribution in [0.5, 0.6) is 0 Å². The summed E-state index contributed by atoms with van der Waals surface area (Å²) in [6.07, 6.45) is 1.47. The fraction of sp³-hybridized carbons (Fsp3) is 0.125. The molecule has 0 unspecified atom stereocenters. The lowest BCUT2D eigenvalue weighted by atomic mass is 10.1. The third kappa shape index (κ3) is 3.14. The Kier molecular flexibility index (Phi) is 3.88. The summed E-state index contributed by atoms with van der Waals surface area (Å²) < 4.78 is 33.7. The van der Waals surface area contributed by atoms with Crippen LogP contribution in [0.15, 0.2) is 58.3 Å². The van der Waals surface area contributed by atoms with E-state index >= 15 is 0 Å². The number of nitrogens with one attached hydrogen (secondary N) is 1. The van der Waals surface area contributed by atoms with Gasteiger partial charge in [0.2, 0.25) is 0 Å². The summed E-state index contributed by atoms with van der Waals surface area (Å²) in [6, 6.07) is 12.6. The van der Waals surface area contributed by atoms with Gasteiger partial charge in [-0.05, 0) is 34.9 Å². The maximum atomic E-state index is 12.6. The Morgan fingerprint density at radius 1 is 1.12 bits per heavy atom. The van der Waals surface area contributed by atoms with Gasteiger partial charge in [0, 0.05) is 0 Å². The summed E-state index contributed by atoms with van der Waals surface area (Å²) in [5.41, 5.74) is 2.70. The van der Waals surface area contributed by atoms with Crippen molar-refractivity contribution in [3.63, 3.8) is 0 Å². The number of rotatable bonds is 5. The molecule has 0 radical (unpaired) electrons. The highest BCUT2D eigenvalue weighted by Gasteiger charge is 2.22. The van der Waals surface area contributed by atoms with Crippen molar-refractivity contribution in [1.82, 2.24) is 25.1 Å². The van der Waals surface area contributed by atoms with E-state index in [2.05, 4.69) is 29.7 Å². The quantitative estimate of drug-likeness (QED) is 0.571. The average Bonchev–Trinajstić information content (AvgIpc) is 3.25. The molecule has 2 aromatic heterocycles. The highest BCUT2D eigenvalue weighted by molar-refractivity contribution is 7.93.